The Morgan fingerprint density at radius 1 is 0.923 bits per heavy atom. The van der Waals surface area contributed by atoms with E-state index in [-0.39, 0.29) is 22.3 Å². The summed E-state index contributed by atoms with van der Waals surface area (Å²) in [6.07, 6.45) is 1.49. The molecule has 138 valence electrons. The Labute approximate surface area is 153 Å². The number of carbonyl (C=O) groups excluding carboxylic acids is 2. The van der Waals surface area contributed by atoms with E-state index in [9.17, 15) is 18.0 Å². The highest BCUT2D eigenvalue weighted by molar-refractivity contribution is 7.90. The fourth-order valence-corrected chi connectivity index (χ4v) is 3.28. The Kier molecular flexibility index (Phi) is 6.15. The quantitative estimate of drug-likeness (QED) is 0.811. The zero-order valence-electron chi connectivity index (χ0n) is 14.9. The van der Waals surface area contributed by atoms with Gasteiger partial charge in [0, 0.05) is 24.1 Å². The normalized spacial score (nSPS) is 11.2. The maximum atomic E-state index is 12.4. The molecule has 0 fully saturated rings. The molecule has 2 amide bonds. The van der Waals surface area contributed by atoms with Crippen molar-refractivity contribution in [2.75, 3.05) is 16.9 Å². The largest absolute Gasteiger partial charge is 0.326 e. The first-order chi connectivity index (χ1) is 12.2. The van der Waals surface area contributed by atoms with Crippen molar-refractivity contribution in [3.05, 3.63) is 54.1 Å². The van der Waals surface area contributed by atoms with E-state index in [1.54, 1.807) is 36.4 Å². The highest BCUT2D eigenvalue weighted by atomic mass is 32.2. The van der Waals surface area contributed by atoms with Crippen LogP contribution in [0.2, 0.25) is 0 Å². The zero-order chi connectivity index (χ0) is 19.3. The fourth-order valence-electron chi connectivity index (χ4n) is 2.40. The maximum Gasteiger partial charge on any atom is 0.256 e. The van der Waals surface area contributed by atoms with Crippen LogP contribution in [0.1, 0.15) is 30.6 Å². The van der Waals surface area contributed by atoms with Gasteiger partial charge in [0.15, 0.2) is 9.84 Å². The van der Waals surface area contributed by atoms with Gasteiger partial charge in [0.05, 0.1) is 10.5 Å². The van der Waals surface area contributed by atoms with Crippen LogP contribution in [0, 0.1) is 5.92 Å². The lowest BCUT2D eigenvalue weighted by Gasteiger charge is -2.10. The standard InChI is InChI=1S/C19H22N2O4S/c1-13(2)12-18(22)20-14-8-10-15(11-9-14)21-19(23)16-6-4-5-7-17(16)26(3,24)25/h4-11,13H,12H2,1-3H3,(H,20,22)(H,21,23). The second-order valence-electron chi connectivity index (χ2n) is 6.45. The van der Waals surface area contributed by atoms with E-state index in [4.69, 9.17) is 0 Å². The summed E-state index contributed by atoms with van der Waals surface area (Å²) in [5, 5.41) is 5.45. The molecule has 6 nitrogen and oxygen atoms in total. The van der Waals surface area contributed by atoms with Gasteiger partial charge in [-0.3, -0.25) is 9.59 Å². The highest BCUT2D eigenvalue weighted by Crippen LogP contribution is 2.19. The van der Waals surface area contributed by atoms with Gasteiger partial charge in [0.2, 0.25) is 5.91 Å². The summed E-state index contributed by atoms with van der Waals surface area (Å²) in [4.78, 5) is 24.2. The first kappa shape index (κ1) is 19.7. The summed E-state index contributed by atoms with van der Waals surface area (Å²) in [5.74, 6) is -0.315. The molecule has 0 atom stereocenters. The molecule has 2 rings (SSSR count). The van der Waals surface area contributed by atoms with Gasteiger partial charge in [-0.25, -0.2) is 8.42 Å². The van der Waals surface area contributed by atoms with Crippen molar-refractivity contribution in [1.29, 1.82) is 0 Å². The molecule has 0 aliphatic heterocycles. The number of amides is 2. The fraction of sp³-hybridized carbons (Fsp3) is 0.263. The minimum Gasteiger partial charge on any atom is -0.326 e. The molecule has 0 saturated heterocycles. The van der Waals surface area contributed by atoms with Crippen LogP contribution in [0.4, 0.5) is 11.4 Å². The van der Waals surface area contributed by atoms with E-state index >= 15 is 0 Å². The first-order valence-electron chi connectivity index (χ1n) is 8.17. The third-order valence-corrected chi connectivity index (χ3v) is 4.71. The molecule has 7 heteroatoms. The van der Waals surface area contributed by atoms with Crippen LogP contribution in [-0.2, 0) is 14.6 Å². The SMILES string of the molecule is CC(C)CC(=O)Nc1ccc(NC(=O)c2ccccc2S(C)(=O)=O)cc1. The van der Waals surface area contributed by atoms with E-state index in [0.717, 1.165) is 6.26 Å². The van der Waals surface area contributed by atoms with Crippen molar-refractivity contribution in [3.63, 3.8) is 0 Å². The number of benzene rings is 2. The summed E-state index contributed by atoms with van der Waals surface area (Å²) in [6.45, 7) is 3.93. The average Bonchev–Trinajstić information content (AvgIpc) is 2.55. The molecule has 26 heavy (non-hydrogen) atoms. The molecule has 0 aromatic heterocycles. The summed E-state index contributed by atoms with van der Waals surface area (Å²) >= 11 is 0. The Morgan fingerprint density at radius 2 is 1.46 bits per heavy atom. The highest BCUT2D eigenvalue weighted by Gasteiger charge is 2.18. The summed E-state index contributed by atoms with van der Waals surface area (Å²) in [6, 6.07) is 12.7. The van der Waals surface area contributed by atoms with Crippen LogP contribution < -0.4 is 10.6 Å². The van der Waals surface area contributed by atoms with Crippen molar-refractivity contribution >= 4 is 33.0 Å². The molecule has 2 aromatic rings. The van der Waals surface area contributed by atoms with Crippen molar-refractivity contribution in [2.45, 2.75) is 25.2 Å². The third kappa shape index (κ3) is 5.42. The van der Waals surface area contributed by atoms with Crippen molar-refractivity contribution < 1.29 is 18.0 Å². The van der Waals surface area contributed by atoms with E-state index in [2.05, 4.69) is 10.6 Å². The van der Waals surface area contributed by atoms with Crippen molar-refractivity contribution in [2.24, 2.45) is 5.92 Å². The van der Waals surface area contributed by atoms with Crippen LogP contribution in [-0.4, -0.2) is 26.5 Å². The molecule has 0 unspecified atom stereocenters. The molecule has 2 N–H and O–H groups in total. The number of sulfone groups is 1. The molecular weight excluding hydrogens is 352 g/mol. The van der Waals surface area contributed by atoms with Gasteiger partial charge in [-0.15, -0.1) is 0 Å². The van der Waals surface area contributed by atoms with Gasteiger partial charge in [-0.05, 0) is 42.3 Å². The summed E-state index contributed by atoms with van der Waals surface area (Å²) < 4.78 is 23.6. The second kappa shape index (κ2) is 8.14. The van der Waals surface area contributed by atoms with Crippen molar-refractivity contribution in [1.82, 2.24) is 0 Å². The number of hydrogen-bond donors (Lipinski definition) is 2. The third-order valence-electron chi connectivity index (χ3n) is 3.55. The number of hydrogen-bond acceptors (Lipinski definition) is 4. The van der Waals surface area contributed by atoms with E-state index in [0.29, 0.717) is 17.8 Å². The van der Waals surface area contributed by atoms with Gasteiger partial charge in [-0.2, -0.15) is 0 Å². The van der Waals surface area contributed by atoms with Gasteiger partial charge in [-0.1, -0.05) is 26.0 Å². The smallest absolute Gasteiger partial charge is 0.256 e. The lowest BCUT2D eigenvalue weighted by Crippen LogP contribution is -2.16. The van der Waals surface area contributed by atoms with Gasteiger partial charge in [0.25, 0.3) is 5.91 Å². The Balaban J connectivity index is 2.10. The number of rotatable bonds is 6. The van der Waals surface area contributed by atoms with E-state index < -0.39 is 15.7 Å². The predicted octanol–water partition coefficient (Wildman–Crippen LogP) is 3.33. The second-order valence-corrected chi connectivity index (χ2v) is 8.43. The number of nitrogens with one attached hydrogen (secondary N) is 2. The molecule has 0 spiro atoms. The molecule has 0 aliphatic carbocycles. The van der Waals surface area contributed by atoms with Crippen LogP contribution in [0.15, 0.2) is 53.4 Å². The number of carbonyl (C=O) groups is 2. The lowest BCUT2D eigenvalue weighted by atomic mass is 10.1. The van der Waals surface area contributed by atoms with E-state index in [1.165, 1.54) is 12.1 Å². The van der Waals surface area contributed by atoms with Gasteiger partial charge in [0.1, 0.15) is 0 Å². The molecular formula is C19H22N2O4S. The lowest BCUT2D eigenvalue weighted by molar-refractivity contribution is -0.116. The summed E-state index contributed by atoms with van der Waals surface area (Å²) in [5.41, 5.74) is 1.22. The Morgan fingerprint density at radius 3 is 2.00 bits per heavy atom. The summed E-state index contributed by atoms with van der Waals surface area (Å²) in [7, 11) is -3.51. The molecule has 0 aliphatic rings. The van der Waals surface area contributed by atoms with Crippen LogP contribution in [0.3, 0.4) is 0 Å². The van der Waals surface area contributed by atoms with Gasteiger partial charge < -0.3 is 10.6 Å². The molecule has 2 aromatic carbocycles. The van der Waals surface area contributed by atoms with Gasteiger partial charge >= 0.3 is 0 Å². The molecule has 0 saturated carbocycles. The van der Waals surface area contributed by atoms with Crippen LogP contribution >= 0.6 is 0 Å². The molecule has 0 radical (unpaired) electrons. The topological polar surface area (TPSA) is 92.3 Å². The van der Waals surface area contributed by atoms with Crippen LogP contribution in [0.25, 0.3) is 0 Å². The van der Waals surface area contributed by atoms with Crippen molar-refractivity contribution in [3.8, 4) is 0 Å². The monoisotopic (exact) mass is 374 g/mol. The minimum absolute atomic E-state index is 0.0185. The maximum absolute atomic E-state index is 12.4. The number of anilines is 2. The van der Waals surface area contributed by atoms with Crippen LogP contribution in [0.5, 0.6) is 0 Å². The Hall–Kier alpha value is -2.67. The Bertz CT molecular complexity index is 903. The van der Waals surface area contributed by atoms with E-state index in [1.807, 2.05) is 13.8 Å². The average molecular weight is 374 g/mol. The molecule has 0 bridgehead atoms. The predicted molar refractivity (Wildman–Crippen MR) is 102 cm³/mol. The minimum atomic E-state index is -3.51. The zero-order valence-corrected chi connectivity index (χ0v) is 15.8. The molecule has 0 heterocycles. The first-order valence-corrected chi connectivity index (χ1v) is 10.1.